The average Bonchev–Trinajstić information content (AvgIpc) is 3.15. The van der Waals surface area contributed by atoms with E-state index in [9.17, 15) is 26.4 Å². The van der Waals surface area contributed by atoms with Crippen LogP contribution in [0.15, 0.2) is 58.0 Å². The monoisotopic (exact) mass is 454 g/mol. The minimum absolute atomic E-state index is 0.150. The van der Waals surface area contributed by atoms with Crippen molar-refractivity contribution < 1.29 is 26.4 Å². The van der Waals surface area contributed by atoms with E-state index in [2.05, 4.69) is 14.7 Å². The minimum atomic E-state index is -4.46. The van der Waals surface area contributed by atoms with E-state index in [0.717, 1.165) is 23.5 Å². The van der Waals surface area contributed by atoms with Crippen LogP contribution in [0.25, 0.3) is 11.3 Å². The Kier molecular flexibility index (Phi) is 4.98. The number of carbonyl (C=O) groups is 1. The number of anilines is 1. The molecule has 0 saturated heterocycles. The summed E-state index contributed by atoms with van der Waals surface area (Å²) in [5, 5.41) is 4.38. The normalized spacial score (nSPS) is 17.8. The van der Waals surface area contributed by atoms with Crippen molar-refractivity contribution in [2.24, 2.45) is 4.40 Å². The molecule has 2 aliphatic rings. The first kappa shape index (κ1) is 20.3. The molecule has 0 radical (unpaired) electrons. The number of carbonyl (C=O) groups excluding carboxylic acids is 1. The van der Waals surface area contributed by atoms with Gasteiger partial charge in [0.25, 0.3) is 15.9 Å². The van der Waals surface area contributed by atoms with Crippen LogP contribution < -0.4 is 5.32 Å². The molecule has 0 fully saturated rings. The van der Waals surface area contributed by atoms with E-state index in [-0.39, 0.29) is 34.4 Å². The van der Waals surface area contributed by atoms with Gasteiger partial charge in [-0.3, -0.25) is 10.1 Å². The highest BCUT2D eigenvalue weighted by Crippen LogP contribution is 2.33. The smallest absolute Gasteiger partial charge is 0.330 e. The Morgan fingerprint density at radius 1 is 1.23 bits per heavy atom. The molecule has 0 bridgehead atoms. The first-order valence-corrected chi connectivity index (χ1v) is 11.0. The lowest BCUT2D eigenvalue weighted by Crippen LogP contribution is -2.37. The van der Waals surface area contributed by atoms with E-state index >= 15 is 0 Å². The maximum Gasteiger partial charge on any atom is 0.416 e. The minimum Gasteiger partial charge on any atom is -0.330 e. The highest BCUT2D eigenvalue weighted by atomic mass is 32.2. The number of hydrogen-bond donors (Lipinski definition) is 1. The average molecular weight is 454 g/mol. The van der Waals surface area contributed by atoms with Gasteiger partial charge in [-0.2, -0.15) is 13.2 Å². The summed E-state index contributed by atoms with van der Waals surface area (Å²) in [6.45, 7) is 0.180. The van der Waals surface area contributed by atoms with Gasteiger partial charge in [0.05, 0.1) is 22.6 Å². The second kappa shape index (κ2) is 7.36. The first-order valence-electron chi connectivity index (χ1n) is 8.54. The Hall–Kier alpha value is -2.99. The summed E-state index contributed by atoms with van der Waals surface area (Å²) in [6, 6.07) is 4.78. The molecule has 0 spiro atoms. The fraction of sp³-hybridized carbons (Fsp3) is 0.167. The van der Waals surface area contributed by atoms with Gasteiger partial charge >= 0.3 is 6.18 Å². The van der Waals surface area contributed by atoms with E-state index in [4.69, 9.17) is 0 Å². The van der Waals surface area contributed by atoms with Crippen LogP contribution in [0, 0.1) is 0 Å². The van der Waals surface area contributed by atoms with Crippen LogP contribution in [0.2, 0.25) is 0 Å². The summed E-state index contributed by atoms with van der Waals surface area (Å²) in [6.07, 6.45) is -0.0999. The van der Waals surface area contributed by atoms with E-state index in [1.807, 2.05) is 0 Å². The van der Waals surface area contributed by atoms with Gasteiger partial charge in [-0.1, -0.05) is 12.1 Å². The number of rotatable bonds is 3. The van der Waals surface area contributed by atoms with Gasteiger partial charge in [-0.05, 0) is 24.3 Å². The molecule has 30 heavy (non-hydrogen) atoms. The summed E-state index contributed by atoms with van der Waals surface area (Å²) in [7, 11) is -3.49. The Balaban J connectivity index is 1.49. The van der Waals surface area contributed by atoms with Crippen LogP contribution >= 0.6 is 11.3 Å². The van der Waals surface area contributed by atoms with Crippen LogP contribution in [0.4, 0.5) is 18.3 Å². The zero-order valence-corrected chi connectivity index (χ0v) is 16.7. The number of hydrogen-bond acceptors (Lipinski definition) is 6. The predicted octanol–water partition coefficient (Wildman–Crippen LogP) is 3.27. The quantitative estimate of drug-likeness (QED) is 0.769. The molecular formula is C18H13F3N4O3S2. The fourth-order valence-corrected chi connectivity index (χ4v) is 4.51. The lowest BCUT2D eigenvalue weighted by atomic mass is 10.1. The number of amidine groups is 1. The van der Waals surface area contributed by atoms with Crippen molar-refractivity contribution in [1.29, 1.82) is 0 Å². The number of aromatic nitrogens is 1. The number of benzene rings is 1. The van der Waals surface area contributed by atoms with Gasteiger partial charge in [0.2, 0.25) is 0 Å². The van der Waals surface area contributed by atoms with Gasteiger partial charge in [0, 0.05) is 23.7 Å². The molecule has 1 aromatic carbocycles. The molecular weight excluding hydrogens is 441 g/mol. The standard InChI is InChI=1S/C18H13F3N4O3S2/c19-18(20,21)13-3-1-2-11(8-13)14-10-29-17(22-14)23-16(26)12-4-5-15-24-30(27,28)7-6-25(15)9-12/h1-5,8-10H,6-7H2,(H,22,23,26). The Labute approximate surface area is 173 Å². The van der Waals surface area contributed by atoms with E-state index in [1.165, 1.54) is 30.5 Å². The topological polar surface area (TPSA) is 91.7 Å². The first-order chi connectivity index (χ1) is 14.1. The number of sulfonamides is 1. The molecule has 0 aliphatic carbocycles. The van der Waals surface area contributed by atoms with Gasteiger partial charge in [-0.25, -0.2) is 13.4 Å². The summed E-state index contributed by atoms with van der Waals surface area (Å²) >= 11 is 1.08. The zero-order chi connectivity index (χ0) is 21.5. The largest absolute Gasteiger partial charge is 0.416 e. The molecule has 1 amide bonds. The summed E-state index contributed by atoms with van der Waals surface area (Å²) in [4.78, 5) is 18.3. The lowest BCUT2D eigenvalue weighted by Gasteiger charge is -2.26. The molecule has 1 aromatic heterocycles. The molecule has 2 aliphatic heterocycles. The number of fused-ring (bicyclic) bond motifs is 1. The predicted molar refractivity (Wildman–Crippen MR) is 106 cm³/mol. The third kappa shape index (κ3) is 4.28. The Morgan fingerprint density at radius 3 is 2.80 bits per heavy atom. The van der Waals surface area contributed by atoms with Crippen molar-refractivity contribution in [3.05, 3.63) is 59.1 Å². The maximum atomic E-state index is 12.9. The second-order valence-electron chi connectivity index (χ2n) is 6.42. The van der Waals surface area contributed by atoms with Crippen LogP contribution in [-0.2, 0) is 21.0 Å². The van der Waals surface area contributed by atoms with Crippen LogP contribution in [0.5, 0.6) is 0 Å². The molecule has 0 unspecified atom stereocenters. The molecule has 2 aromatic rings. The number of alkyl halides is 3. The SMILES string of the molecule is O=C(Nc1nc(-c2cccc(C(F)(F)F)c2)cs1)C1=CN2CCS(=O)(=O)N=C2C=C1. The van der Waals surface area contributed by atoms with Crippen molar-refractivity contribution in [1.82, 2.24) is 9.88 Å². The van der Waals surface area contributed by atoms with Crippen molar-refractivity contribution in [2.75, 3.05) is 17.6 Å². The third-order valence-electron chi connectivity index (χ3n) is 4.30. The zero-order valence-electron chi connectivity index (χ0n) is 15.0. The van der Waals surface area contributed by atoms with Crippen LogP contribution in [0.3, 0.4) is 0 Å². The van der Waals surface area contributed by atoms with Gasteiger partial charge < -0.3 is 4.90 Å². The number of amides is 1. The number of nitrogens with one attached hydrogen (secondary N) is 1. The van der Waals surface area contributed by atoms with Gasteiger partial charge in [0.15, 0.2) is 5.13 Å². The summed E-state index contributed by atoms with van der Waals surface area (Å²) in [5.41, 5.74) is 0.0834. The summed E-state index contributed by atoms with van der Waals surface area (Å²) < 4.78 is 65.4. The molecule has 0 saturated carbocycles. The molecule has 7 nitrogen and oxygen atoms in total. The van der Waals surface area contributed by atoms with Gasteiger partial charge in [0.1, 0.15) is 5.84 Å². The molecule has 0 atom stereocenters. The summed E-state index contributed by atoms with van der Waals surface area (Å²) in [5.74, 6) is -0.398. The Morgan fingerprint density at radius 2 is 2.03 bits per heavy atom. The fourth-order valence-electron chi connectivity index (χ4n) is 2.82. The van der Waals surface area contributed by atoms with Crippen molar-refractivity contribution in [2.45, 2.75) is 6.18 Å². The van der Waals surface area contributed by atoms with Crippen molar-refractivity contribution in [3.63, 3.8) is 0 Å². The maximum absolute atomic E-state index is 12.9. The highest BCUT2D eigenvalue weighted by Gasteiger charge is 2.30. The molecule has 1 N–H and O–H groups in total. The molecule has 3 heterocycles. The van der Waals surface area contributed by atoms with E-state index in [0.29, 0.717) is 5.69 Å². The van der Waals surface area contributed by atoms with Crippen molar-refractivity contribution in [3.8, 4) is 11.3 Å². The van der Waals surface area contributed by atoms with Crippen LogP contribution in [0.1, 0.15) is 5.56 Å². The lowest BCUT2D eigenvalue weighted by molar-refractivity contribution is -0.137. The number of nitrogens with zero attached hydrogens (tertiary/aromatic N) is 3. The number of thiazole rings is 1. The molecule has 156 valence electrons. The number of halogens is 3. The molecule has 12 heteroatoms. The van der Waals surface area contributed by atoms with Crippen molar-refractivity contribution >= 4 is 38.2 Å². The highest BCUT2D eigenvalue weighted by molar-refractivity contribution is 7.90. The van der Waals surface area contributed by atoms with E-state index < -0.39 is 27.7 Å². The third-order valence-corrected chi connectivity index (χ3v) is 6.22. The molecule has 4 rings (SSSR count). The Bertz CT molecular complexity index is 1210. The van der Waals surface area contributed by atoms with Crippen LogP contribution in [-0.4, -0.2) is 42.3 Å². The second-order valence-corrected chi connectivity index (χ2v) is 9.03. The van der Waals surface area contributed by atoms with Gasteiger partial charge in [-0.15, -0.1) is 15.7 Å². The van der Waals surface area contributed by atoms with E-state index in [1.54, 1.807) is 10.3 Å².